The molecule has 0 N–H and O–H groups in total. The van der Waals surface area contributed by atoms with Crippen molar-refractivity contribution in [2.45, 2.75) is 18.8 Å². The highest BCUT2D eigenvalue weighted by molar-refractivity contribution is 6.09. The van der Waals surface area contributed by atoms with Gasteiger partial charge in [0.05, 0.1) is 5.41 Å². The van der Waals surface area contributed by atoms with Gasteiger partial charge in [-0.1, -0.05) is 121 Å². The third-order valence-corrected chi connectivity index (χ3v) is 10.9. The second kappa shape index (κ2) is 11.3. The highest BCUT2D eigenvalue weighted by atomic mass is 16.3. The van der Waals surface area contributed by atoms with E-state index in [0.29, 0.717) is 17.5 Å². The van der Waals surface area contributed by atoms with Gasteiger partial charge in [-0.25, -0.2) is 15.0 Å². The van der Waals surface area contributed by atoms with Gasteiger partial charge in [0.2, 0.25) is 0 Å². The molecule has 3 heterocycles. The zero-order valence-corrected chi connectivity index (χ0v) is 28.9. The summed E-state index contributed by atoms with van der Waals surface area (Å²) in [6.45, 7) is 2.23. The lowest BCUT2D eigenvalue weighted by atomic mass is 9.74. The van der Waals surface area contributed by atoms with Crippen LogP contribution in [0, 0.1) is 0 Å². The molecule has 0 radical (unpaired) electrons. The number of nitrogens with zero attached hydrogens (tertiary/aromatic N) is 3. The van der Waals surface area contributed by atoms with Gasteiger partial charge < -0.3 is 8.83 Å². The summed E-state index contributed by atoms with van der Waals surface area (Å²) >= 11 is 0. The largest absolute Gasteiger partial charge is 0.456 e. The molecule has 0 aliphatic heterocycles. The average molecular weight is 682 g/mol. The molecule has 0 fully saturated rings. The Morgan fingerprint density at radius 2 is 1.13 bits per heavy atom. The van der Waals surface area contributed by atoms with Crippen LogP contribution in [-0.2, 0) is 5.41 Å². The van der Waals surface area contributed by atoms with Crippen LogP contribution >= 0.6 is 0 Å². The van der Waals surface area contributed by atoms with E-state index >= 15 is 0 Å². The molecule has 1 aliphatic rings. The number of hydrogen-bond acceptors (Lipinski definition) is 5. The fraction of sp³-hybridized carbons (Fsp3) is 0.0625. The van der Waals surface area contributed by atoms with Crippen molar-refractivity contribution in [3.05, 3.63) is 169 Å². The van der Waals surface area contributed by atoms with E-state index in [1.54, 1.807) is 0 Å². The molecule has 1 atom stereocenters. The Morgan fingerprint density at radius 3 is 2.02 bits per heavy atom. The topological polar surface area (TPSA) is 65.0 Å². The number of para-hydroxylation sites is 1. The fourth-order valence-corrected chi connectivity index (χ4v) is 8.20. The number of hydrogen-bond donors (Lipinski definition) is 0. The summed E-state index contributed by atoms with van der Waals surface area (Å²) in [4.78, 5) is 15.6. The summed E-state index contributed by atoms with van der Waals surface area (Å²) in [5.41, 5.74) is 7.23. The van der Waals surface area contributed by atoms with E-state index in [0.717, 1.165) is 72.9 Å². The van der Waals surface area contributed by atoms with E-state index in [1.165, 1.54) is 21.5 Å². The van der Waals surface area contributed by atoms with Gasteiger partial charge in [0.1, 0.15) is 28.3 Å². The van der Waals surface area contributed by atoms with Crippen LogP contribution in [-0.4, -0.2) is 15.0 Å². The SMILES string of the molecule is CC1(c2nc(-c3ccccc3)nc(-c3ccc4ccc5ccccc5c4c3)n2)CC=Cc2oc3cc(-c4ccc5oc6ccccc6c5c4)ccc3c21. The molecule has 1 unspecified atom stereocenters. The molecule has 7 aromatic carbocycles. The maximum Gasteiger partial charge on any atom is 0.163 e. The molecule has 3 aromatic heterocycles. The summed E-state index contributed by atoms with van der Waals surface area (Å²) in [7, 11) is 0. The normalized spacial score (nSPS) is 15.6. The van der Waals surface area contributed by atoms with Gasteiger partial charge >= 0.3 is 0 Å². The molecule has 250 valence electrons. The number of rotatable bonds is 4. The zero-order valence-electron chi connectivity index (χ0n) is 28.9. The molecule has 0 saturated carbocycles. The number of furan rings is 2. The maximum absolute atomic E-state index is 6.65. The van der Waals surface area contributed by atoms with Crippen molar-refractivity contribution >= 4 is 60.5 Å². The molecular formula is C48H31N3O2. The number of aromatic nitrogens is 3. The van der Waals surface area contributed by atoms with Crippen molar-refractivity contribution in [3.63, 3.8) is 0 Å². The minimum absolute atomic E-state index is 0.573. The highest BCUT2D eigenvalue weighted by Gasteiger charge is 2.39. The molecule has 5 nitrogen and oxygen atoms in total. The Kier molecular flexibility index (Phi) is 6.38. The second-order valence-electron chi connectivity index (χ2n) is 14.2. The summed E-state index contributed by atoms with van der Waals surface area (Å²) < 4.78 is 12.8. The second-order valence-corrected chi connectivity index (χ2v) is 14.2. The number of fused-ring (bicyclic) bond motifs is 9. The van der Waals surface area contributed by atoms with Crippen LogP contribution in [0.25, 0.3) is 94.4 Å². The van der Waals surface area contributed by atoms with E-state index in [2.05, 4.69) is 134 Å². The molecule has 0 saturated heterocycles. The Balaban J connectivity index is 1.07. The van der Waals surface area contributed by atoms with Gasteiger partial charge in [0, 0.05) is 32.8 Å². The average Bonchev–Trinajstić information content (AvgIpc) is 3.79. The predicted octanol–water partition coefficient (Wildman–Crippen LogP) is 12.5. The lowest BCUT2D eigenvalue weighted by molar-refractivity contribution is 0.509. The molecule has 11 rings (SSSR count). The Hall–Kier alpha value is -6.85. The number of allylic oxidation sites excluding steroid dienone is 1. The first-order valence-corrected chi connectivity index (χ1v) is 18.0. The molecule has 0 spiro atoms. The van der Waals surface area contributed by atoms with Gasteiger partial charge in [0.25, 0.3) is 0 Å². The van der Waals surface area contributed by atoms with Crippen LogP contribution in [0.15, 0.2) is 161 Å². The van der Waals surface area contributed by atoms with Crippen LogP contribution in [0.3, 0.4) is 0 Å². The van der Waals surface area contributed by atoms with Crippen LogP contribution in [0.5, 0.6) is 0 Å². The Labute approximate surface area is 304 Å². The third-order valence-electron chi connectivity index (χ3n) is 10.9. The summed E-state index contributed by atoms with van der Waals surface area (Å²) in [6.07, 6.45) is 4.99. The van der Waals surface area contributed by atoms with E-state index in [1.807, 2.05) is 30.3 Å². The molecule has 53 heavy (non-hydrogen) atoms. The van der Waals surface area contributed by atoms with Gasteiger partial charge in [0.15, 0.2) is 11.6 Å². The quantitative estimate of drug-likeness (QED) is 0.173. The summed E-state index contributed by atoms with van der Waals surface area (Å²) in [6, 6.07) is 50.7. The summed E-state index contributed by atoms with van der Waals surface area (Å²) in [5, 5.41) is 8.05. The lowest BCUT2D eigenvalue weighted by Crippen LogP contribution is -2.29. The van der Waals surface area contributed by atoms with Crippen LogP contribution in [0.2, 0.25) is 0 Å². The molecule has 1 aliphatic carbocycles. The smallest absolute Gasteiger partial charge is 0.163 e. The first kappa shape index (κ1) is 29.8. The van der Waals surface area contributed by atoms with Crippen molar-refractivity contribution in [1.29, 1.82) is 0 Å². The van der Waals surface area contributed by atoms with E-state index < -0.39 is 5.41 Å². The predicted molar refractivity (Wildman–Crippen MR) is 215 cm³/mol. The first-order chi connectivity index (χ1) is 26.1. The standard InChI is InChI=1S/C48H31N3O2/c1-48(25-9-16-42-44(48)37-23-21-33(28-43(37)53-42)32-22-24-41-39(26-32)36-14-7-8-15-40(36)52-41)47-50-45(31-11-3-2-4-12-31)49-46(51-47)34-20-19-30-18-17-29-10-5-6-13-35(29)38(30)27-34/h2-24,26-28H,25H2,1H3. The minimum atomic E-state index is -0.573. The highest BCUT2D eigenvalue weighted by Crippen LogP contribution is 2.46. The van der Waals surface area contributed by atoms with Crippen LogP contribution in [0.4, 0.5) is 0 Å². The van der Waals surface area contributed by atoms with Gasteiger partial charge in [-0.15, -0.1) is 0 Å². The van der Waals surface area contributed by atoms with Crippen molar-refractivity contribution in [2.75, 3.05) is 0 Å². The Bertz CT molecular complexity index is 3120. The van der Waals surface area contributed by atoms with Crippen molar-refractivity contribution in [2.24, 2.45) is 0 Å². The first-order valence-electron chi connectivity index (χ1n) is 18.0. The zero-order chi connectivity index (χ0) is 35.1. The van der Waals surface area contributed by atoms with Crippen LogP contribution < -0.4 is 0 Å². The van der Waals surface area contributed by atoms with Gasteiger partial charge in [-0.2, -0.15) is 0 Å². The van der Waals surface area contributed by atoms with Crippen molar-refractivity contribution in [3.8, 4) is 33.9 Å². The van der Waals surface area contributed by atoms with Crippen LogP contribution in [0.1, 0.15) is 30.5 Å². The maximum atomic E-state index is 6.65. The molecule has 5 heteroatoms. The monoisotopic (exact) mass is 681 g/mol. The summed E-state index contributed by atoms with van der Waals surface area (Å²) in [5.74, 6) is 2.85. The molecular weight excluding hydrogens is 651 g/mol. The third kappa shape index (κ3) is 4.67. The van der Waals surface area contributed by atoms with E-state index in [4.69, 9.17) is 23.8 Å². The fourth-order valence-electron chi connectivity index (χ4n) is 8.20. The van der Waals surface area contributed by atoms with Gasteiger partial charge in [-0.3, -0.25) is 0 Å². The van der Waals surface area contributed by atoms with E-state index in [-0.39, 0.29) is 0 Å². The Morgan fingerprint density at radius 1 is 0.472 bits per heavy atom. The number of benzene rings is 7. The lowest BCUT2D eigenvalue weighted by Gasteiger charge is -2.30. The molecule has 10 aromatic rings. The van der Waals surface area contributed by atoms with Crippen molar-refractivity contribution in [1.82, 2.24) is 15.0 Å². The molecule has 0 bridgehead atoms. The van der Waals surface area contributed by atoms with Gasteiger partial charge in [-0.05, 0) is 82.4 Å². The minimum Gasteiger partial charge on any atom is -0.456 e. The van der Waals surface area contributed by atoms with Crippen molar-refractivity contribution < 1.29 is 8.83 Å². The van der Waals surface area contributed by atoms with E-state index in [9.17, 15) is 0 Å². The molecule has 0 amide bonds.